The molecule has 1 aliphatic rings. The Morgan fingerprint density at radius 2 is 1.90 bits per heavy atom. The molecule has 0 saturated heterocycles. The molecule has 0 spiro atoms. The van der Waals surface area contributed by atoms with E-state index in [0.717, 1.165) is 12.8 Å². The standard InChI is InChI=1S/C4H10O.C2H2S3/c1-2-3-4-5;1-2-4-5-3-1/h5H,2-4H2,1H3;1-2H. The van der Waals surface area contributed by atoms with Gasteiger partial charge in [0.05, 0.1) is 0 Å². The highest BCUT2D eigenvalue weighted by Crippen LogP contribution is 2.42. The van der Waals surface area contributed by atoms with E-state index in [-0.39, 0.29) is 0 Å². The van der Waals surface area contributed by atoms with E-state index < -0.39 is 0 Å². The first-order chi connectivity index (χ1) is 4.91. The molecule has 0 atom stereocenters. The highest BCUT2D eigenvalue weighted by Gasteiger charge is 1.87. The van der Waals surface area contributed by atoms with Gasteiger partial charge >= 0.3 is 0 Å². The van der Waals surface area contributed by atoms with Crippen molar-refractivity contribution in [3.05, 3.63) is 10.8 Å². The van der Waals surface area contributed by atoms with Gasteiger partial charge in [-0.15, -0.1) is 0 Å². The minimum absolute atomic E-state index is 0.344. The van der Waals surface area contributed by atoms with Gasteiger partial charge in [0.25, 0.3) is 0 Å². The smallest absolute Gasteiger partial charge is 0.0430 e. The lowest BCUT2D eigenvalue weighted by atomic mass is 10.4. The Bertz CT molecular complexity index is 77.1. The fraction of sp³-hybridized carbons (Fsp3) is 0.667. The maximum absolute atomic E-state index is 8.07. The van der Waals surface area contributed by atoms with Crippen molar-refractivity contribution in [1.82, 2.24) is 0 Å². The van der Waals surface area contributed by atoms with E-state index in [1.165, 1.54) is 0 Å². The summed E-state index contributed by atoms with van der Waals surface area (Å²) in [5.41, 5.74) is 0. The second kappa shape index (κ2) is 9.75. The van der Waals surface area contributed by atoms with Crippen LogP contribution in [0.25, 0.3) is 0 Å². The zero-order valence-corrected chi connectivity index (χ0v) is 8.40. The highest BCUT2D eigenvalue weighted by atomic mass is 33.5. The van der Waals surface area contributed by atoms with Crippen LogP contribution in [0.2, 0.25) is 0 Å². The van der Waals surface area contributed by atoms with E-state index in [9.17, 15) is 0 Å². The molecule has 4 heteroatoms. The molecular formula is C6H12OS3. The summed E-state index contributed by atoms with van der Waals surface area (Å²) in [5.74, 6) is 0. The predicted octanol–water partition coefficient (Wildman–Crippen LogP) is 3.28. The first-order valence-electron chi connectivity index (χ1n) is 3.16. The van der Waals surface area contributed by atoms with Gasteiger partial charge in [0.15, 0.2) is 0 Å². The summed E-state index contributed by atoms with van der Waals surface area (Å²) in [6.07, 6.45) is 2.04. The van der Waals surface area contributed by atoms with E-state index in [0.29, 0.717) is 6.61 Å². The fourth-order valence-electron chi connectivity index (χ4n) is 0.272. The maximum atomic E-state index is 8.07. The predicted molar refractivity (Wildman–Crippen MR) is 53.9 cm³/mol. The van der Waals surface area contributed by atoms with Crippen LogP contribution in [-0.2, 0) is 0 Å². The van der Waals surface area contributed by atoms with Crippen LogP contribution in [0.1, 0.15) is 19.8 Å². The number of hydrogen-bond acceptors (Lipinski definition) is 4. The summed E-state index contributed by atoms with van der Waals surface area (Å²) in [6.45, 7) is 2.40. The molecule has 0 bridgehead atoms. The van der Waals surface area contributed by atoms with E-state index in [4.69, 9.17) is 5.11 Å². The lowest BCUT2D eigenvalue weighted by molar-refractivity contribution is 0.287. The van der Waals surface area contributed by atoms with E-state index >= 15 is 0 Å². The zero-order chi connectivity index (χ0) is 7.66. The van der Waals surface area contributed by atoms with E-state index in [1.54, 1.807) is 31.4 Å². The summed E-state index contributed by atoms with van der Waals surface area (Å²) >= 11 is 0. The summed E-state index contributed by atoms with van der Waals surface area (Å²) < 4.78 is 0. The fourth-order valence-corrected chi connectivity index (χ4v) is 3.22. The molecule has 1 N–H and O–H groups in total. The third-order valence-electron chi connectivity index (χ3n) is 0.757. The molecule has 0 radical (unpaired) electrons. The first-order valence-corrected chi connectivity index (χ1v) is 6.77. The Hall–Kier alpha value is 0.750. The molecule has 1 heterocycles. The monoisotopic (exact) mass is 196 g/mol. The summed E-state index contributed by atoms with van der Waals surface area (Å²) in [7, 11) is 5.34. The molecule has 0 aromatic rings. The molecule has 0 aliphatic carbocycles. The van der Waals surface area contributed by atoms with Crippen LogP contribution in [0, 0.1) is 0 Å². The van der Waals surface area contributed by atoms with Crippen molar-refractivity contribution < 1.29 is 5.11 Å². The van der Waals surface area contributed by atoms with Crippen molar-refractivity contribution in [2.24, 2.45) is 0 Å². The van der Waals surface area contributed by atoms with Crippen molar-refractivity contribution >= 4 is 31.4 Å². The third-order valence-corrected chi connectivity index (χ3v) is 4.13. The zero-order valence-electron chi connectivity index (χ0n) is 5.95. The molecule has 1 nitrogen and oxygen atoms in total. The lowest BCUT2D eigenvalue weighted by Crippen LogP contribution is -1.75. The lowest BCUT2D eigenvalue weighted by Gasteiger charge is -1.79. The van der Waals surface area contributed by atoms with Crippen LogP contribution < -0.4 is 0 Å². The number of aliphatic hydroxyl groups is 1. The molecule has 60 valence electrons. The van der Waals surface area contributed by atoms with Gasteiger partial charge < -0.3 is 5.11 Å². The van der Waals surface area contributed by atoms with Crippen LogP contribution in [0.15, 0.2) is 10.8 Å². The first kappa shape index (κ1) is 10.8. The van der Waals surface area contributed by atoms with Crippen molar-refractivity contribution in [2.45, 2.75) is 19.8 Å². The number of aliphatic hydroxyl groups excluding tert-OH is 1. The summed E-state index contributed by atoms with van der Waals surface area (Å²) in [5, 5.41) is 12.2. The van der Waals surface area contributed by atoms with Crippen molar-refractivity contribution in [1.29, 1.82) is 0 Å². The minimum atomic E-state index is 0.344. The maximum Gasteiger partial charge on any atom is 0.0430 e. The van der Waals surface area contributed by atoms with Gasteiger partial charge in [0.1, 0.15) is 0 Å². The topological polar surface area (TPSA) is 20.2 Å². The average molecular weight is 196 g/mol. The second-order valence-corrected chi connectivity index (χ2v) is 5.46. The molecule has 1 rings (SSSR count). The molecule has 1 aliphatic heterocycles. The summed E-state index contributed by atoms with van der Waals surface area (Å²) in [4.78, 5) is 0. The van der Waals surface area contributed by atoms with Gasteiger partial charge in [-0.05, 0) is 27.1 Å². The van der Waals surface area contributed by atoms with Gasteiger partial charge in [-0.25, -0.2) is 0 Å². The van der Waals surface area contributed by atoms with Crippen LogP contribution in [0.3, 0.4) is 0 Å². The van der Waals surface area contributed by atoms with Gasteiger partial charge in [-0.3, -0.25) is 0 Å². The molecule has 0 unspecified atom stereocenters. The molecular weight excluding hydrogens is 184 g/mol. The van der Waals surface area contributed by atoms with Crippen molar-refractivity contribution in [3.63, 3.8) is 0 Å². The Kier molecular flexibility index (Phi) is 10.5. The molecule has 0 fully saturated rings. The molecule has 0 aromatic heterocycles. The highest BCUT2D eigenvalue weighted by molar-refractivity contribution is 9.11. The molecule has 10 heavy (non-hydrogen) atoms. The van der Waals surface area contributed by atoms with Crippen LogP contribution in [-0.4, -0.2) is 11.7 Å². The number of hydrogen-bond donors (Lipinski definition) is 1. The van der Waals surface area contributed by atoms with Crippen LogP contribution in [0.4, 0.5) is 0 Å². The minimum Gasteiger partial charge on any atom is -0.396 e. The van der Waals surface area contributed by atoms with Gasteiger partial charge in [0.2, 0.25) is 0 Å². The molecule has 0 aromatic carbocycles. The van der Waals surface area contributed by atoms with Gasteiger partial charge in [-0.2, -0.15) is 0 Å². The Morgan fingerprint density at radius 3 is 2.00 bits per heavy atom. The van der Waals surface area contributed by atoms with Crippen molar-refractivity contribution in [2.75, 3.05) is 6.61 Å². The van der Waals surface area contributed by atoms with Crippen LogP contribution in [0.5, 0.6) is 0 Å². The molecule has 0 saturated carbocycles. The Morgan fingerprint density at radius 1 is 1.30 bits per heavy atom. The van der Waals surface area contributed by atoms with E-state index in [2.05, 4.69) is 17.7 Å². The Labute approximate surface area is 73.8 Å². The van der Waals surface area contributed by atoms with Gasteiger partial charge in [0, 0.05) is 6.61 Å². The SMILES string of the molecule is C1=CSSS1.CCCCO. The van der Waals surface area contributed by atoms with Crippen molar-refractivity contribution in [3.8, 4) is 0 Å². The Balaban J connectivity index is 0.000000162. The quantitative estimate of drug-likeness (QED) is 0.684. The second-order valence-electron chi connectivity index (χ2n) is 1.61. The summed E-state index contributed by atoms with van der Waals surface area (Å²) in [6, 6.07) is 0. The number of unbranched alkanes of at least 4 members (excludes halogenated alkanes) is 1. The largest absolute Gasteiger partial charge is 0.396 e. The average Bonchev–Trinajstić information content (AvgIpc) is 2.44. The van der Waals surface area contributed by atoms with Crippen LogP contribution >= 0.6 is 31.4 Å². The third kappa shape index (κ3) is 8.75. The number of rotatable bonds is 2. The molecule has 0 amide bonds. The van der Waals surface area contributed by atoms with E-state index in [1.807, 2.05) is 0 Å². The normalized spacial score (nSPS) is 14.6. The van der Waals surface area contributed by atoms with Gasteiger partial charge in [-0.1, -0.05) is 34.9 Å².